The molecule has 2 rings (SSSR count). The third-order valence-electron chi connectivity index (χ3n) is 2.83. The summed E-state index contributed by atoms with van der Waals surface area (Å²) in [6.07, 6.45) is 0. The number of hydrogen-bond donors (Lipinski definition) is 2. The molecule has 0 aliphatic carbocycles. The van der Waals surface area contributed by atoms with Crippen molar-refractivity contribution in [3.63, 3.8) is 0 Å². The van der Waals surface area contributed by atoms with E-state index in [0.29, 0.717) is 0 Å². The third-order valence-corrected chi connectivity index (χ3v) is 3.64. The van der Waals surface area contributed by atoms with Crippen LogP contribution in [0, 0.1) is 10.1 Å². The molecule has 0 aromatic heterocycles. The van der Waals surface area contributed by atoms with Crippen LogP contribution in [0.2, 0.25) is 10.0 Å². The highest BCUT2D eigenvalue weighted by Gasteiger charge is 2.14. The molecule has 0 atom stereocenters. The van der Waals surface area contributed by atoms with Gasteiger partial charge in [-0.1, -0.05) is 29.3 Å². The molecule has 7 nitrogen and oxygen atoms in total. The number of nitrogens with one attached hydrogen (secondary N) is 2. The maximum atomic E-state index is 11.9. The van der Waals surface area contributed by atoms with Crippen molar-refractivity contribution >= 4 is 40.7 Å². The second kappa shape index (κ2) is 7.08. The van der Waals surface area contributed by atoms with Gasteiger partial charge in [0.15, 0.2) is 0 Å². The first-order valence-electron chi connectivity index (χ1n) is 6.19. The van der Waals surface area contributed by atoms with Crippen LogP contribution in [0.3, 0.4) is 0 Å². The highest BCUT2D eigenvalue weighted by molar-refractivity contribution is 6.43. The molecule has 0 unspecified atom stereocenters. The van der Waals surface area contributed by atoms with E-state index in [9.17, 15) is 19.7 Å². The van der Waals surface area contributed by atoms with Crippen molar-refractivity contribution in [3.8, 4) is 0 Å². The number of halogens is 2. The lowest BCUT2D eigenvalue weighted by molar-refractivity contribution is -0.384. The summed E-state index contributed by atoms with van der Waals surface area (Å²) in [6, 6.07) is 9.42. The number of carbonyl (C=O) groups excluding carboxylic acids is 2. The van der Waals surface area contributed by atoms with Gasteiger partial charge in [-0.15, -0.1) is 0 Å². The maximum absolute atomic E-state index is 11.9. The molecule has 0 bridgehead atoms. The quantitative estimate of drug-likeness (QED) is 0.654. The second-order valence-electron chi connectivity index (χ2n) is 4.31. The second-order valence-corrected chi connectivity index (χ2v) is 5.10. The topological polar surface area (TPSA) is 101 Å². The Hall–Kier alpha value is -2.64. The molecule has 0 aliphatic heterocycles. The Morgan fingerprint density at radius 3 is 2.17 bits per heavy atom. The van der Waals surface area contributed by atoms with Crippen LogP contribution >= 0.6 is 23.2 Å². The van der Waals surface area contributed by atoms with Crippen LogP contribution < -0.4 is 10.9 Å². The molecule has 118 valence electrons. The summed E-state index contributed by atoms with van der Waals surface area (Å²) in [6.45, 7) is 0. The van der Waals surface area contributed by atoms with Crippen LogP contribution in [0.4, 0.5) is 5.69 Å². The van der Waals surface area contributed by atoms with Gasteiger partial charge in [0.1, 0.15) is 0 Å². The highest BCUT2D eigenvalue weighted by atomic mass is 35.5. The first kappa shape index (κ1) is 16.7. The number of hydrogen-bond acceptors (Lipinski definition) is 4. The Kier molecular flexibility index (Phi) is 5.15. The summed E-state index contributed by atoms with van der Waals surface area (Å²) in [5.74, 6) is -1.28. The van der Waals surface area contributed by atoms with Crippen molar-refractivity contribution in [3.05, 3.63) is 73.8 Å². The van der Waals surface area contributed by atoms with Crippen LogP contribution in [0.1, 0.15) is 20.7 Å². The molecule has 0 saturated carbocycles. The average Bonchev–Trinajstić information content (AvgIpc) is 2.55. The summed E-state index contributed by atoms with van der Waals surface area (Å²) in [5.41, 5.74) is 4.47. The predicted octanol–water partition coefficient (Wildman–Crippen LogP) is 2.98. The highest BCUT2D eigenvalue weighted by Crippen LogP contribution is 2.25. The van der Waals surface area contributed by atoms with Gasteiger partial charge in [0.05, 0.1) is 20.5 Å². The minimum Gasteiger partial charge on any atom is -0.267 e. The zero-order valence-electron chi connectivity index (χ0n) is 11.4. The lowest BCUT2D eigenvalue weighted by Crippen LogP contribution is -2.41. The van der Waals surface area contributed by atoms with Crippen LogP contribution in [-0.2, 0) is 0 Å². The van der Waals surface area contributed by atoms with E-state index in [4.69, 9.17) is 23.2 Å². The largest absolute Gasteiger partial charge is 0.271 e. The summed E-state index contributed by atoms with van der Waals surface area (Å²) >= 11 is 11.7. The zero-order chi connectivity index (χ0) is 17.0. The summed E-state index contributed by atoms with van der Waals surface area (Å²) in [5, 5.41) is 10.8. The van der Waals surface area contributed by atoms with E-state index in [-0.39, 0.29) is 26.9 Å². The fourth-order valence-electron chi connectivity index (χ4n) is 1.67. The molecule has 2 aromatic rings. The molecule has 0 saturated heterocycles. The molecule has 0 fully saturated rings. The molecule has 0 spiro atoms. The lowest BCUT2D eigenvalue weighted by atomic mass is 10.2. The SMILES string of the molecule is O=C(NNC(=O)c1cccc(Cl)c1Cl)c1ccc([N+](=O)[O-])cc1. The van der Waals surface area contributed by atoms with Gasteiger partial charge < -0.3 is 0 Å². The monoisotopic (exact) mass is 353 g/mol. The minimum atomic E-state index is -0.646. The van der Waals surface area contributed by atoms with E-state index >= 15 is 0 Å². The zero-order valence-corrected chi connectivity index (χ0v) is 12.9. The van der Waals surface area contributed by atoms with E-state index < -0.39 is 16.7 Å². The molecular weight excluding hydrogens is 345 g/mol. The van der Waals surface area contributed by atoms with Crippen molar-refractivity contribution in [1.29, 1.82) is 0 Å². The number of hydrazine groups is 1. The summed E-state index contributed by atoms with van der Waals surface area (Å²) < 4.78 is 0. The standard InChI is InChI=1S/C14H9Cl2N3O4/c15-11-3-1-2-10(12(11)16)14(21)18-17-13(20)8-4-6-9(7-5-8)19(22)23/h1-7H,(H,17,20)(H,18,21). The van der Waals surface area contributed by atoms with Crippen molar-refractivity contribution in [2.24, 2.45) is 0 Å². The normalized spacial score (nSPS) is 10.0. The first-order chi connectivity index (χ1) is 10.9. The van der Waals surface area contributed by atoms with Gasteiger partial charge in [-0.3, -0.25) is 30.6 Å². The number of nitrogens with zero attached hydrogens (tertiary/aromatic N) is 1. The Balaban J connectivity index is 2.02. The first-order valence-corrected chi connectivity index (χ1v) is 6.95. The Morgan fingerprint density at radius 2 is 1.57 bits per heavy atom. The molecule has 0 heterocycles. The molecular formula is C14H9Cl2N3O4. The molecule has 2 N–H and O–H groups in total. The third kappa shape index (κ3) is 3.97. The van der Waals surface area contributed by atoms with Gasteiger partial charge in [0.2, 0.25) is 0 Å². The number of nitro groups is 1. The van der Waals surface area contributed by atoms with Crippen molar-refractivity contribution in [2.45, 2.75) is 0 Å². The number of rotatable bonds is 3. The van der Waals surface area contributed by atoms with Crippen LogP contribution in [-0.4, -0.2) is 16.7 Å². The minimum absolute atomic E-state index is 0.0660. The van der Waals surface area contributed by atoms with E-state index in [1.54, 1.807) is 6.07 Å². The average molecular weight is 354 g/mol. The van der Waals surface area contributed by atoms with Crippen molar-refractivity contribution in [2.75, 3.05) is 0 Å². The van der Waals surface area contributed by atoms with Crippen LogP contribution in [0.5, 0.6) is 0 Å². The molecule has 23 heavy (non-hydrogen) atoms. The van der Waals surface area contributed by atoms with E-state index in [1.165, 1.54) is 36.4 Å². The Labute approximate surface area is 140 Å². The molecule has 2 amide bonds. The molecule has 0 radical (unpaired) electrons. The molecule has 0 aliphatic rings. The van der Waals surface area contributed by atoms with Crippen molar-refractivity contribution < 1.29 is 14.5 Å². The van der Waals surface area contributed by atoms with Gasteiger partial charge in [-0.2, -0.15) is 0 Å². The van der Waals surface area contributed by atoms with Gasteiger partial charge in [0.25, 0.3) is 17.5 Å². The number of amides is 2. The van der Waals surface area contributed by atoms with E-state index in [0.717, 1.165) is 0 Å². The summed E-state index contributed by atoms with van der Waals surface area (Å²) in [7, 11) is 0. The predicted molar refractivity (Wildman–Crippen MR) is 84.5 cm³/mol. The van der Waals surface area contributed by atoms with Crippen molar-refractivity contribution in [1.82, 2.24) is 10.9 Å². The van der Waals surface area contributed by atoms with Gasteiger partial charge in [0, 0.05) is 17.7 Å². The van der Waals surface area contributed by atoms with E-state index in [2.05, 4.69) is 10.9 Å². The number of carbonyl (C=O) groups is 2. The van der Waals surface area contributed by atoms with Crippen LogP contribution in [0.25, 0.3) is 0 Å². The van der Waals surface area contributed by atoms with Gasteiger partial charge in [-0.05, 0) is 24.3 Å². The van der Waals surface area contributed by atoms with Gasteiger partial charge >= 0.3 is 0 Å². The molecule has 9 heteroatoms. The fraction of sp³-hybridized carbons (Fsp3) is 0. The number of nitro benzene ring substituents is 1. The number of benzene rings is 2. The lowest BCUT2D eigenvalue weighted by Gasteiger charge is -2.09. The Bertz CT molecular complexity index is 778. The van der Waals surface area contributed by atoms with Crippen LogP contribution in [0.15, 0.2) is 42.5 Å². The fourth-order valence-corrected chi connectivity index (χ4v) is 2.05. The smallest absolute Gasteiger partial charge is 0.267 e. The number of non-ortho nitro benzene ring substituents is 1. The van der Waals surface area contributed by atoms with Gasteiger partial charge in [-0.25, -0.2) is 0 Å². The molecule has 2 aromatic carbocycles. The Morgan fingerprint density at radius 1 is 0.957 bits per heavy atom. The van der Waals surface area contributed by atoms with E-state index in [1.807, 2.05) is 0 Å². The summed E-state index contributed by atoms with van der Waals surface area (Å²) in [4.78, 5) is 33.8. The maximum Gasteiger partial charge on any atom is 0.271 e.